The molecule has 0 unspecified atom stereocenters. The minimum atomic E-state index is -0.252. The second-order valence-electron chi connectivity index (χ2n) is 6.67. The average molecular weight is 365 g/mol. The van der Waals surface area contributed by atoms with Crippen molar-refractivity contribution >= 4 is 5.91 Å². The minimum Gasteiger partial charge on any atom is -0.484 e. The summed E-state index contributed by atoms with van der Waals surface area (Å²) in [4.78, 5) is 16.3. The quantitative estimate of drug-likeness (QED) is 0.688. The predicted molar refractivity (Wildman–Crippen MR) is 102 cm³/mol. The molecule has 1 amide bonds. The molecule has 0 saturated carbocycles. The van der Waals surface area contributed by atoms with E-state index >= 15 is 0 Å². The van der Waals surface area contributed by atoms with Gasteiger partial charge in [-0.15, -0.1) is 0 Å². The van der Waals surface area contributed by atoms with Gasteiger partial charge in [0.15, 0.2) is 6.61 Å². The number of rotatable bonds is 7. The van der Waals surface area contributed by atoms with Gasteiger partial charge in [0.1, 0.15) is 5.75 Å². The first-order valence-electron chi connectivity index (χ1n) is 8.90. The lowest BCUT2D eigenvalue weighted by molar-refractivity contribution is -0.123. The molecule has 0 bridgehead atoms. The average Bonchev–Trinajstić information content (AvgIpc) is 3.14. The van der Waals surface area contributed by atoms with Crippen LogP contribution in [0.5, 0.6) is 5.75 Å². The maximum Gasteiger partial charge on any atom is 0.258 e. The van der Waals surface area contributed by atoms with E-state index in [1.54, 1.807) is 0 Å². The van der Waals surface area contributed by atoms with Crippen LogP contribution in [0.4, 0.5) is 0 Å². The summed E-state index contributed by atoms with van der Waals surface area (Å²) in [7, 11) is 0. The molecule has 1 N–H and O–H groups in total. The van der Waals surface area contributed by atoms with Gasteiger partial charge in [-0.2, -0.15) is 4.98 Å². The van der Waals surface area contributed by atoms with E-state index < -0.39 is 0 Å². The van der Waals surface area contributed by atoms with Crippen molar-refractivity contribution < 1.29 is 14.1 Å². The van der Waals surface area contributed by atoms with E-state index in [1.807, 2.05) is 55.5 Å². The van der Waals surface area contributed by atoms with Gasteiger partial charge in [-0.3, -0.25) is 4.79 Å². The normalized spacial score (nSPS) is 10.8. The predicted octanol–water partition coefficient (Wildman–Crippen LogP) is 3.86. The van der Waals surface area contributed by atoms with Gasteiger partial charge < -0.3 is 14.6 Å². The second-order valence-corrected chi connectivity index (χ2v) is 6.67. The number of hydrogen-bond acceptors (Lipinski definition) is 5. The van der Waals surface area contributed by atoms with Crippen molar-refractivity contribution in [3.63, 3.8) is 0 Å². The van der Waals surface area contributed by atoms with Crippen LogP contribution in [0.2, 0.25) is 0 Å². The Hall–Kier alpha value is -3.15. The maximum atomic E-state index is 12.0. The van der Waals surface area contributed by atoms with E-state index in [2.05, 4.69) is 29.3 Å². The van der Waals surface area contributed by atoms with Crippen molar-refractivity contribution in [3.05, 3.63) is 65.5 Å². The van der Waals surface area contributed by atoms with E-state index in [0.717, 1.165) is 11.1 Å². The topological polar surface area (TPSA) is 77.2 Å². The first-order valence-corrected chi connectivity index (χ1v) is 8.90. The van der Waals surface area contributed by atoms with Gasteiger partial charge >= 0.3 is 0 Å². The Bertz CT molecular complexity index is 901. The number of aryl methyl sites for hydroxylation is 1. The van der Waals surface area contributed by atoms with Crippen LogP contribution in [0.1, 0.15) is 36.8 Å². The molecule has 3 aromatic rings. The number of nitrogens with zero attached hydrogens (tertiary/aromatic N) is 2. The molecule has 0 fully saturated rings. The number of benzene rings is 2. The first-order chi connectivity index (χ1) is 13.0. The van der Waals surface area contributed by atoms with Gasteiger partial charge in [0, 0.05) is 5.56 Å². The van der Waals surface area contributed by atoms with Gasteiger partial charge in [0.25, 0.3) is 5.91 Å². The summed E-state index contributed by atoms with van der Waals surface area (Å²) in [6.45, 7) is 6.35. The lowest BCUT2D eigenvalue weighted by Gasteiger charge is -2.08. The highest BCUT2D eigenvalue weighted by Gasteiger charge is 2.10. The largest absolute Gasteiger partial charge is 0.484 e. The Kier molecular flexibility index (Phi) is 5.86. The molecule has 0 radical (unpaired) electrons. The molecule has 0 saturated heterocycles. The van der Waals surface area contributed by atoms with Gasteiger partial charge in [0.05, 0.1) is 6.54 Å². The van der Waals surface area contributed by atoms with Gasteiger partial charge in [-0.1, -0.05) is 54.9 Å². The summed E-state index contributed by atoms with van der Waals surface area (Å²) in [6.07, 6.45) is 0. The monoisotopic (exact) mass is 365 g/mol. The van der Waals surface area contributed by atoms with Crippen LogP contribution < -0.4 is 10.1 Å². The summed E-state index contributed by atoms with van der Waals surface area (Å²) in [5.74, 6) is 1.72. The fourth-order valence-corrected chi connectivity index (χ4v) is 2.55. The molecule has 0 aliphatic carbocycles. The van der Waals surface area contributed by atoms with E-state index in [9.17, 15) is 4.79 Å². The van der Waals surface area contributed by atoms with E-state index in [0.29, 0.717) is 23.4 Å². The highest BCUT2D eigenvalue weighted by atomic mass is 16.5. The molecular formula is C21H23N3O3. The van der Waals surface area contributed by atoms with E-state index in [-0.39, 0.29) is 19.1 Å². The Balaban J connectivity index is 1.48. The molecular weight excluding hydrogens is 342 g/mol. The molecule has 1 aromatic heterocycles. The van der Waals surface area contributed by atoms with Gasteiger partial charge in [-0.25, -0.2) is 0 Å². The van der Waals surface area contributed by atoms with Crippen LogP contribution in [0, 0.1) is 6.92 Å². The number of aromatic nitrogens is 2. The fourth-order valence-electron chi connectivity index (χ4n) is 2.55. The number of nitrogens with one attached hydrogen (secondary N) is 1. The SMILES string of the molecule is Cc1cccc(-c2noc(CNC(=O)COc3ccc(C(C)C)cc3)n2)c1. The van der Waals surface area contributed by atoms with Crippen LogP contribution in [-0.2, 0) is 11.3 Å². The molecule has 1 heterocycles. The van der Waals surface area contributed by atoms with E-state index in [4.69, 9.17) is 9.26 Å². The Morgan fingerprint density at radius 2 is 1.96 bits per heavy atom. The van der Waals surface area contributed by atoms with Crippen molar-refractivity contribution in [2.45, 2.75) is 33.2 Å². The van der Waals surface area contributed by atoms with Crippen molar-refractivity contribution in [3.8, 4) is 17.1 Å². The summed E-state index contributed by atoms with van der Waals surface area (Å²) >= 11 is 0. The molecule has 0 atom stereocenters. The maximum absolute atomic E-state index is 12.0. The Morgan fingerprint density at radius 1 is 1.19 bits per heavy atom. The van der Waals surface area contributed by atoms with Crippen LogP contribution in [0.25, 0.3) is 11.4 Å². The molecule has 0 spiro atoms. The third kappa shape index (κ3) is 5.17. The fraction of sp³-hybridized carbons (Fsp3) is 0.286. The van der Waals surface area contributed by atoms with Crippen LogP contribution >= 0.6 is 0 Å². The summed E-state index contributed by atoms with van der Waals surface area (Å²) in [6, 6.07) is 15.6. The zero-order valence-corrected chi connectivity index (χ0v) is 15.7. The second kappa shape index (κ2) is 8.49. The first kappa shape index (κ1) is 18.6. The van der Waals surface area contributed by atoms with Crippen LogP contribution in [0.3, 0.4) is 0 Å². The third-order valence-electron chi connectivity index (χ3n) is 4.10. The van der Waals surface area contributed by atoms with E-state index in [1.165, 1.54) is 5.56 Å². The van der Waals surface area contributed by atoms with Crippen molar-refractivity contribution in [2.24, 2.45) is 0 Å². The molecule has 27 heavy (non-hydrogen) atoms. The highest BCUT2D eigenvalue weighted by molar-refractivity contribution is 5.77. The molecule has 2 aromatic carbocycles. The Morgan fingerprint density at radius 3 is 2.67 bits per heavy atom. The minimum absolute atomic E-state index is 0.0695. The Labute approximate surface area is 158 Å². The zero-order chi connectivity index (χ0) is 19.2. The van der Waals surface area contributed by atoms with Gasteiger partial charge in [0.2, 0.25) is 11.7 Å². The molecule has 0 aliphatic rings. The third-order valence-corrected chi connectivity index (χ3v) is 4.10. The number of amides is 1. The summed E-state index contributed by atoms with van der Waals surface area (Å²) in [5, 5.41) is 6.67. The van der Waals surface area contributed by atoms with Crippen LogP contribution in [-0.4, -0.2) is 22.7 Å². The lowest BCUT2D eigenvalue weighted by atomic mass is 10.0. The smallest absolute Gasteiger partial charge is 0.258 e. The standard InChI is InChI=1S/C21H23N3O3/c1-14(2)16-7-9-18(10-8-16)26-13-19(25)22-12-20-23-21(24-27-20)17-6-4-5-15(3)11-17/h4-11,14H,12-13H2,1-3H3,(H,22,25). The van der Waals surface area contributed by atoms with Crippen molar-refractivity contribution in [1.29, 1.82) is 0 Å². The molecule has 3 rings (SSSR count). The molecule has 140 valence electrons. The van der Waals surface area contributed by atoms with Crippen LogP contribution in [0.15, 0.2) is 53.1 Å². The summed E-state index contributed by atoms with van der Waals surface area (Å²) < 4.78 is 10.7. The van der Waals surface area contributed by atoms with Crippen molar-refractivity contribution in [2.75, 3.05) is 6.61 Å². The lowest BCUT2D eigenvalue weighted by Crippen LogP contribution is -2.28. The molecule has 6 heteroatoms. The number of ether oxygens (including phenoxy) is 1. The summed E-state index contributed by atoms with van der Waals surface area (Å²) in [5.41, 5.74) is 3.22. The van der Waals surface area contributed by atoms with Crippen molar-refractivity contribution in [1.82, 2.24) is 15.5 Å². The molecule has 6 nitrogen and oxygen atoms in total. The zero-order valence-electron chi connectivity index (χ0n) is 15.7. The highest BCUT2D eigenvalue weighted by Crippen LogP contribution is 2.19. The number of carbonyl (C=O) groups is 1. The molecule has 0 aliphatic heterocycles. The number of carbonyl (C=O) groups excluding carboxylic acids is 1. The number of hydrogen-bond donors (Lipinski definition) is 1. The van der Waals surface area contributed by atoms with Gasteiger partial charge in [-0.05, 0) is 36.6 Å².